The van der Waals surface area contributed by atoms with Gasteiger partial charge in [-0.05, 0) is 32.9 Å². The number of rotatable bonds is 5. The summed E-state index contributed by atoms with van der Waals surface area (Å²) in [4.78, 5) is 4.05. The van der Waals surface area contributed by atoms with Crippen molar-refractivity contribution in [2.45, 2.75) is 30.5 Å². The SMILES string of the molecule is CC(C)(C)NC(N)=NCCNS(=O)(=O)c1ccc(Cl)s1. The van der Waals surface area contributed by atoms with Crippen LogP contribution < -0.4 is 15.8 Å². The van der Waals surface area contributed by atoms with Crippen LogP contribution in [0, 0.1) is 0 Å². The van der Waals surface area contributed by atoms with E-state index in [4.69, 9.17) is 17.3 Å². The van der Waals surface area contributed by atoms with Crippen LogP contribution in [0.3, 0.4) is 0 Å². The van der Waals surface area contributed by atoms with Crippen LogP contribution >= 0.6 is 22.9 Å². The third-order valence-corrected chi connectivity index (χ3v) is 5.19. The minimum absolute atomic E-state index is 0.171. The molecule has 114 valence electrons. The van der Waals surface area contributed by atoms with Crippen molar-refractivity contribution in [3.63, 3.8) is 0 Å². The molecular weight excluding hydrogens is 320 g/mol. The van der Waals surface area contributed by atoms with Gasteiger partial charge in [0.15, 0.2) is 5.96 Å². The van der Waals surface area contributed by atoms with Gasteiger partial charge in [-0.15, -0.1) is 11.3 Å². The summed E-state index contributed by atoms with van der Waals surface area (Å²) in [5.74, 6) is 0.288. The molecule has 0 spiro atoms. The Morgan fingerprint density at radius 1 is 1.45 bits per heavy atom. The zero-order valence-electron chi connectivity index (χ0n) is 11.6. The number of sulfonamides is 1. The fraction of sp³-hybridized carbons (Fsp3) is 0.545. The van der Waals surface area contributed by atoms with Gasteiger partial charge in [-0.25, -0.2) is 13.1 Å². The number of halogens is 1. The minimum Gasteiger partial charge on any atom is -0.370 e. The molecule has 0 bridgehead atoms. The Balaban J connectivity index is 2.47. The average molecular weight is 339 g/mol. The van der Waals surface area contributed by atoms with Crippen LogP contribution in [0.1, 0.15) is 20.8 Å². The van der Waals surface area contributed by atoms with Gasteiger partial charge in [0.05, 0.1) is 10.9 Å². The van der Waals surface area contributed by atoms with Crippen LogP contribution in [0.2, 0.25) is 4.34 Å². The first-order valence-corrected chi connectivity index (χ1v) is 8.61. The molecule has 9 heteroatoms. The quantitative estimate of drug-likeness (QED) is 0.429. The van der Waals surface area contributed by atoms with Gasteiger partial charge in [0.1, 0.15) is 4.21 Å². The molecule has 0 aliphatic heterocycles. The van der Waals surface area contributed by atoms with E-state index in [1.54, 1.807) is 6.07 Å². The van der Waals surface area contributed by atoms with E-state index >= 15 is 0 Å². The highest BCUT2D eigenvalue weighted by molar-refractivity contribution is 7.91. The molecule has 20 heavy (non-hydrogen) atoms. The Morgan fingerprint density at radius 2 is 2.10 bits per heavy atom. The molecule has 1 heterocycles. The topological polar surface area (TPSA) is 96.6 Å². The summed E-state index contributed by atoms with van der Waals surface area (Å²) in [6.07, 6.45) is 0. The van der Waals surface area contributed by atoms with E-state index in [1.165, 1.54) is 6.07 Å². The summed E-state index contributed by atoms with van der Waals surface area (Å²) in [6, 6.07) is 3.01. The van der Waals surface area contributed by atoms with Crippen molar-refractivity contribution in [1.29, 1.82) is 0 Å². The fourth-order valence-corrected chi connectivity index (χ4v) is 3.84. The molecule has 0 radical (unpaired) electrons. The number of thiophene rings is 1. The molecule has 0 aromatic carbocycles. The summed E-state index contributed by atoms with van der Waals surface area (Å²) in [7, 11) is -3.52. The summed E-state index contributed by atoms with van der Waals surface area (Å²) >= 11 is 6.72. The molecule has 0 aliphatic carbocycles. The van der Waals surface area contributed by atoms with Gasteiger partial charge in [0, 0.05) is 12.1 Å². The standard InChI is InChI=1S/C11H19ClN4O2S2/c1-11(2,3)16-10(13)14-6-7-15-20(17,18)9-5-4-8(12)19-9/h4-5,15H,6-7H2,1-3H3,(H3,13,14,16). The lowest BCUT2D eigenvalue weighted by Crippen LogP contribution is -2.45. The molecule has 0 fully saturated rings. The number of hydrogen-bond donors (Lipinski definition) is 3. The summed E-state index contributed by atoms with van der Waals surface area (Å²) in [6.45, 7) is 6.30. The number of aliphatic imine (C=N–C) groups is 1. The summed E-state index contributed by atoms with van der Waals surface area (Å²) in [5.41, 5.74) is 5.49. The molecule has 0 saturated heterocycles. The van der Waals surface area contributed by atoms with E-state index in [1.807, 2.05) is 20.8 Å². The maximum Gasteiger partial charge on any atom is 0.250 e. The Kier molecular flexibility index (Phi) is 5.81. The Hall–Kier alpha value is -0.830. The zero-order valence-corrected chi connectivity index (χ0v) is 14.0. The second-order valence-corrected chi connectivity index (χ2v) is 8.81. The average Bonchev–Trinajstić information content (AvgIpc) is 2.70. The van der Waals surface area contributed by atoms with Crippen molar-refractivity contribution in [3.8, 4) is 0 Å². The van der Waals surface area contributed by atoms with Gasteiger partial charge < -0.3 is 11.1 Å². The highest BCUT2D eigenvalue weighted by Gasteiger charge is 2.15. The van der Waals surface area contributed by atoms with Crippen molar-refractivity contribution in [2.75, 3.05) is 13.1 Å². The molecule has 0 amide bonds. The minimum atomic E-state index is -3.52. The first-order chi connectivity index (χ1) is 9.10. The summed E-state index contributed by atoms with van der Waals surface area (Å²) in [5, 5.41) is 2.99. The lowest BCUT2D eigenvalue weighted by molar-refractivity contribution is 0.508. The molecular formula is C11H19ClN4O2S2. The van der Waals surface area contributed by atoms with Gasteiger partial charge in [0.25, 0.3) is 0 Å². The van der Waals surface area contributed by atoms with Crippen LogP contribution in [0.5, 0.6) is 0 Å². The van der Waals surface area contributed by atoms with E-state index in [-0.39, 0.29) is 28.8 Å². The number of hydrogen-bond acceptors (Lipinski definition) is 4. The van der Waals surface area contributed by atoms with Crippen LogP contribution in [-0.4, -0.2) is 33.0 Å². The van der Waals surface area contributed by atoms with Crippen LogP contribution in [0.4, 0.5) is 0 Å². The van der Waals surface area contributed by atoms with Gasteiger partial charge in [-0.3, -0.25) is 4.99 Å². The molecule has 6 nitrogen and oxygen atoms in total. The highest BCUT2D eigenvalue weighted by Crippen LogP contribution is 2.25. The Labute approximate surface area is 128 Å². The molecule has 1 aromatic rings. The molecule has 1 aromatic heterocycles. The molecule has 0 aliphatic rings. The lowest BCUT2D eigenvalue weighted by Gasteiger charge is -2.20. The Bertz CT molecular complexity index is 575. The maximum atomic E-state index is 11.9. The van der Waals surface area contributed by atoms with E-state index in [2.05, 4.69) is 15.0 Å². The zero-order chi connectivity index (χ0) is 15.4. The van der Waals surface area contributed by atoms with Gasteiger partial charge in [-0.2, -0.15) is 0 Å². The van der Waals surface area contributed by atoms with Crippen molar-refractivity contribution in [1.82, 2.24) is 10.0 Å². The van der Waals surface area contributed by atoms with Crippen LogP contribution in [0.15, 0.2) is 21.3 Å². The van der Waals surface area contributed by atoms with Gasteiger partial charge in [-0.1, -0.05) is 11.6 Å². The van der Waals surface area contributed by atoms with Crippen molar-refractivity contribution < 1.29 is 8.42 Å². The molecule has 0 saturated carbocycles. The molecule has 4 N–H and O–H groups in total. The van der Waals surface area contributed by atoms with E-state index in [0.29, 0.717) is 4.34 Å². The number of nitrogens with zero attached hydrogens (tertiary/aromatic N) is 1. The van der Waals surface area contributed by atoms with E-state index in [0.717, 1.165) is 11.3 Å². The normalized spacial score (nSPS) is 13.5. The van der Waals surface area contributed by atoms with Crippen LogP contribution in [-0.2, 0) is 10.0 Å². The largest absolute Gasteiger partial charge is 0.370 e. The van der Waals surface area contributed by atoms with Crippen LogP contribution in [0.25, 0.3) is 0 Å². The Morgan fingerprint density at radius 3 is 2.60 bits per heavy atom. The monoisotopic (exact) mass is 338 g/mol. The van der Waals surface area contributed by atoms with Gasteiger partial charge >= 0.3 is 0 Å². The second-order valence-electron chi connectivity index (χ2n) is 5.10. The number of guanidine groups is 1. The predicted molar refractivity (Wildman–Crippen MR) is 83.9 cm³/mol. The van der Waals surface area contributed by atoms with Crippen molar-refractivity contribution in [3.05, 3.63) is 16.5 Å². The van der Waals surface area contributed by atoms with Gasteiger partial charge in [0.2, 0.25) is 10.0 Å². The van der Waals surface area contributed by atoms with E-state index in [9.17, 15) is 8.42 Å². The van der Waals surface area contributed by atoms with Crippen molar-refractivity contribution in [2.24, 2.45) is 10.7 Å². The molecule has 1 rings (SSSR count). The third-order valence-electron chi connectivity index (χ3n) is 2.00. The van der Waals surface area contributed by atoms with E-state index < -0.39 is 10.0 Å². The maximum absolute atomic E-state index is 11.9. The first-order valence-electron chi connectivity index (χ1n) is 5.93. The highest BCUT2D eigenvalue weighted by atomic mass is 35.5. The number of nitrogens with one attached hydrogen (secondary N) is 2. The summed E-state index contributed by atoms with van der Waals surface area (Å²) < 4.78 is 26.8. The number of nitrogens with two attached hydrogens (primary N) is 1. The first kappa shape index (κ1) is 17.2. The lowest BCUT2D eigenvalue weighted by atomic mass is 10.1. The fourth-order valence-electron chi connectivity index (χ4n) is 1.29. The predicted octanol–water partition coefficient (Wildman–Crippen LogP) is 1.38. The van der Waals surface area contributed by atoms with Crippen molar-refractivity contribution >= 4 is 38.9 Å². The molecule has 0 unspecified atom stereocenters. The second kappa shape index (κ2) is 6.75. The molecule has 0 atom stereocenters. The smallest absolute Gasteiger partial charge is 0.250 e. The third kappa shape index (κ3) is 6.08.